The Morgan fingerprint density at radius 2 is 2.05 bits per heavy atom. The number of thioether (sulfide) groups is 1. The Bertz CT molecular complexity index is 536. The van der Waals surface area contributed by atoms with E-state index in [4.69, 9.17) is 5.11 Å². The Morgan fingerprint density at radius 1 is 1.35 bits per heavy atom. The average Bonchev–Trinajstić information content (AvgIpc) is 2.38. The topological polar surface area (TPSA) is 95.5 Å². The summed E-state index contributed by atoms with van der Waals surface area (Å²) in [7, 11) is 1.41. The van der Waals surface area contributed by atoms with E-state index < -0.39 is 17.9 Å². The molecule has 8 heteroatoms. The van der Waals surface area contributed by atoms with Gasteiger partial charge in [0.2, 0.25) is 5.91 Å². The lowest BCUT2D eigenvalue weighted by atomic mass is 10.2. The molecule has 1 aromatic carbocycles. The van der Waals surface area contributed by atoms with Gasteiger partial charge < -0.3 is 10.4 Å². The van der Waals surface area contributed by atoms with E-state index in [-0.39, 0.29) is 12.0 Å². The molecule has 0 aliphatic heterocycles. The summed E-state index contributed by atoms with van der Waals surface area (Å²) in [4.78, 5) is 33.9. The molecule has 0 heterocycles. The maximum Gasteiger partial charge on any atom is 0.336 e. The van der Waals surface area contributed by atoms with Crippen molar-refractivity contribution in [2.24, 2.45) is 0 Å². The highest BCUT2D eigenvalue weighted by Crippen LogP contribution is 2.27. The predicted molar refractivity (Wildman–Crippen MR) is 79.0 cm³/mol. The molecule has 0 radical (unpaired) electrons. The fraction of sp³-hybridized carbons (Fsp3) is 0.250. The van der Waals surface area contributed by atoms with E-state index in [0.717, 1.165) is 4.47 Å². The van der Waals surface area contributed by atoms with Crippen molar-refractivity contribution >= 4 is 45.6 Å². The number of carbonyl (C=O) groups excluding carboxylic acids is 2. The molecule has 1 rings (SSSR count). The third-order valence-corrected chi connectivity index (χ3v) is 3.79. The van der Waals surface area contributed by atoms with Gasteiger partial charge in [-0.15, -0.1) is 11.8 Å². The first-order chi connectivity index (χ1) is 9.43. The summed E-state index contributed by atoms with van der Waals surface area (Å²) >= 11 is 4.52. The number of carbonyl (C=O) groups is 3. The third-order valence-electron chi connectivity index (χ3n) is 2.24. The van der Waals surface area contributed by atoms with Crippen molar-refractivity contribution in [2.45, 2.75) is 11.3 Å². The highest BCUT2D eigenvalue weighted by atomic mass is 79.9. The normalized spacial score (nSPS) is 9.90. The van der Waals surface area contributed by atoms with Crippen LogP contribution in [0.3, 0.4) is 0 Å². The second-order valence-electron chi connectivity index (χ2n) is 3.67. The summed E-state index contributed by atoms with van der Waals surface area (Å²) < 4.78 is 0.764. The summed E-state index contributed by atoms with van der Waals surface area (Å²) in [5, 5.41) is 13.5. The number of benzene rings is 1. The lowest BCUT2D eigenvalue weighted by Crippen LogP contribution is -2.37. The largest absolute Gasteiger partial charge is 0.478 e. The maximum absolute atomic E-state index is 11.4. The number of hydrogen-bond acceptors (Lipinski definition) is 4. The van der Waals surface area contributed by atoms with Crippen LogP contribution in [0.1, 0.15) is 16.8 Å². The Balaban J connectivity index is 2.57. The fourth-order valence-electron chi connectivity index (χ4n) is 1.30. The molecule has 0 saturated heterocycles. The summed E-state index contributed by atoms with van der Waals surface area (Å²) in [5.41, 5.74) is 0.185. The smallest absolute Gasteiger partial charge is 0.336 e. The van der Waals surface area contributed by atoms with E-state index >= 15 is 0 Å². The van der Waals surface area contributed by atoms with Crippen molar-refractivity contribution in [1.82, 2.24) is 10.6 Å². The zero-order valence-electron chi connectivity index (χ0n) is 10.6. The van der Waals surface area contributed by atoms with E-state index in [9.17, 15) is 14.4 Å². The SMILES string of the molecule is CNC(=O)NC(=O)CCSc1cc(Br)ccc1C(=O)O. The van der Waals surface area contributed by atoms with E-state index in [2.05, 4.69) is 26.6 Å². The lowest BCUT2D eigenvalue weighted by molar-refractivity contribution is -0.119. The van der Waals surface area contributed by atoms with Gasteiger partial charge in [-0.1, -0.05) is 15.9 Å². The zero-order chi connectivity index (χ0) is 15.1. The van der Waals surface area contributed by atoms with Crippen molar-refractivity contribution in [3.63, 3.8) is 0 Å². The number of imide groups is 1. The van der Waals surface area contributed by atoms with Gasteiger partial charge in [0.1, 0.15) is 0 Å². The van der Waals surface area contributed by atoms with Gasteiger partial charge in [-0.3, -0.25) is 10.1 Å². The number of hydrogen-bond donors (Lipinski definition) is 3. The molecule has 6 nitrogen and oxygen atoms in total. The molecule has 0 aliphatic carbocycles. The van der Waals surface area contributed by atoms with Gasteiger partial charge in [0.15, 0.2) is 0 Å². The number of aromatic carboxylic acids is 1. The van der Waals surface area contributed by atoms with Crippen molar-refractivity contribution in [2.75, 3.05) is 12.8 Å². The number of urea groups is 1. The molecule has 3 N–H and O–H groups in total. The third kappa shape index (κ3) is 5.22. The molecule has 0 fully saturated rings. The van der Waals surface area contributed by atoms with Gasteiger partial charge in [-0.05, 0) is 18.2 Å². The van der Waals surface area contributed by atoms with E-state index in [1.807, 2.05) is 0 Å². The summed E-state index contributed by atoms with van der Waals surface area (Å²) in [6.45, 7) is 0. The Morgan fingerprint density at radius 3 is 2.65 bits per heavy atom. The van der Waals surface area contributed by atoms with Crippen molar-refractivity contribution in [1.29, 1.82) is 0 Å². The molecule has 0 aliphatic rings. The van der Waals surface area contributed by atoms with Crippen LogP contribution in [0.2, 0.25) is 0 Å². The second-order valence-corrected chi connectivity index (χ2v) is 5.72. The standard InChI is InChI=1S/C12H13BrN2O4S/c1-14-12(19)15-10(16)4-5-20-9-6-7(13)2-3-8(9)11(17)18/h2-3,6H,4-5H2,1H3,(H,17,18)(H2,14,15,16,19). The highest BCUT2D eigenvalue weighted by molar-refractivity contribution is 9.10. The summed E-state index contributed by atoms with van der Waals surface area (Å²) in [6, 6.07) is 4.27. The molecular weight excluding hydrogens is 348 g/mol. The zero-order valence-corrected chi connectivity index (χ0v) is 13.0. The van der Waals surface area contributed by atoms with Crippen LogP contribution >= 0.6 is 27.7 Å². The van der Waals surface area contributed by atoms with E-state index in [1.54, 1.807) is 12.1 Å². The van der Waals surface area contributed by atoms with Gasteiger partial charge >= 0.3 is 12.0 Å². The van der Waals surface area contributed by atoms with Gasteiger partial charge in [0, 0.05) is 28.6 Å². The Labute approximate surface area is 128 Å². The molecule has 0 unspecified atom stereocenters. The number of rotatable bonds is 5. The van der Waals surface area contributed by atoms with Crippen molar-refractivity contribution in [3.8, 4) is 0 Å². The minimum Gasteiger partial charge on any atom is -0.478 e. The molecule has 0 saturated carbocycles. The van der Waals surface area contributed by atoms with Crippen LogP contribution in [0.5, 0.6) is 0 Å². The second kappa shape index (κ2) is 7.91. The minimum absolute atomic E-state index is 0.115. The fourth-order valence-corrected chi connectivity index (χ4v) is 2.84. The van der Waals surface area contributed by atoms with Crippen LogP contribution in [0.15, 0.2) is 27.6 Å². The van der Waals surface area contributed by atoms with Crippen LogP contribution in [0.25, 0.3) is 0 Å². The highest BCUT2D eigenvalue weighted by Gasteiger charge is 2.12. The molecule has 0 atom stereocenters. The predicted octanol–water partition coefficient (Wildman–Crippen LogP) is 2.09. The Hall–Kier alpha value is -1.54. The minimum atomic E-state index is -1.02. The van der Waals surface area contributed by atoms with Crippen molar-refractivity contribution in [3.05, 3.63) is 28.2 Å². The lowest BCUT2D eigenvalue weighted by Gasteiger charge is -2.07. The molecular formula is C12H13BrN2O4S. The molecule has 3 amide bonds. The number of carboxylic acid groups (broad SMARTS) is 1. The van der Waals surface area contributed by atoms with Gasteiger partial charge in [0.25, 0.3) is 0 Å². The summed E-state index contributed by atoms with van der Waals surface area (Å²) in [6.07, 6.45) is 0.115. The van der Waals surface area contributed by atoms with Gasteiger partial charge in [-0.25, -0.2) is 9.59 Å². The molecule has 20 heavy (non-hydrogen) atoms. The number of amides is 3. The van der Waals surface area contributed by atoms with E-state index in [1.165, 1.54) is 24.9 Å². The molecule has 1 aromatic rings. The number of halogens is 1. The first-order valence-electron chi connectivity index (χ1n) is 5.61. The Kier molecular flexibility index (Phi) is 6.53. The quantitative estimate of drug-likeness (QED) is 0.698. The monoisotopic (exact) mass is 360 g/mol. The summed E-state index contributed by atoms with van der Waals surface area (Å²) in [5.74, 6) is -1.06. The van der Waals surface area contributed by atoms with Crippen LogP contribution in [0.4, 0.5) is 4.79 Å². The first kappa shape index (κ1) is 16.5. The molecule has 0 bridgehead atoms. The van der Waals surface area contributed by atoms with Crippen LogP contribution in [-0.4, -0.2) is 35.8 Å². The van der Waals surface area contributed by atoms with Crippen LogP contribution in [-0.2, 0) is 4.79 Å². The van der Waals surface area contributed by atoms with Crippen LogP contribution < -0.4 is 10.6 Å². The molecule has 108 valence electrons. The molecule has 0 spiro atoms. The van der Waals surface area contributed by atoms with E-state index in [0.29, 0.717) is 10.6 Å². The van der Waals surface area contributed by atoms with Gasteiger partial charge in [0.05, 0.1) is 5.56 Å². The molecule has 0 aromatic heterocycles. The maximum atomic E-state index is 11.4. The first-order valence-corrected chi connectivity index (χ1v) is 7.39. The van der Waals surface area contributed by atoms with Crippen LogP contribution in [0, 0.1) is 0 Å². The van der Waals surface area contributed by atoms with Gasteiger partial charge in [-0.2, -0.15) is 0 Å². The number of carboxylic acids is 1. The van der Waals surface area contributed by atoms with Crippen molar-refractivity contribution < 1.29 is 19.5 Å². The number of nitrogens with one attached hydrogen (secondary N) is 2. The average molecular weight is 361 g/mol.